The molecular weight excluding hydrogens is 254 g/mol. The second kappa shape index (κ2) is 4.74. The summed E-state index contributed by atoms with van der Waals surface area (Å²) in [6, 6.07) is 2.23. The lowest BCUT2D eigenvalue weighted by molar-refractivity contribution is 0.0561. The first-order chi connectivity index (χ1) is 9.88. The number of hydrogen-bond acceptors (Lipinski definition) is 4. The van der Waals surface area contributed by atoms with Crippen LogP contribution in [0, 0.1) is 0 Å². The first-order valence-corrected chi connectivity index (χ1v) is 7.37. The van der Waals surface area contributed by atoms with Crippen LogP contribution in [-0.2, 0) is 4.74 Å². The lowest BCUT2D eigenvalue weighted by Gasteiger charge is -2.22. The Hall–Kier alpha value is -1.62. The van der Waals surface area contributed by atoms with Crippen molar-refractivity contribution in [3.63, 3.8) is 0 Å². The molecule has 1 saturated carbocycles. The average molecular weight is 273 g/mol. The van der Waals surface area contributed by atoms with Gasteiger partial charge in [0.05, 0.1) is 30.8 Å². The molecular formula is C15H19N3O2. The van der Waals surface area contributed by atoms with E-state index in [1.54, 1.807) is 13.3 Å². The van der Waals surface area contributed by atoms with Gasteiger partial charge in [-0.25, -0.2) is 9.67 Å². The van der Waals surface area contributed by atoms with Gasteiger partial charge in [0.2, 0.25) is 0 Å². The van der Waals surface area contributed by atoms with E-state index in [1.807, 2.05) is 6.07 Å². The van der Waals surface area contributed by atoms with Gasteiger partial charge in [0.1, 0.15) is 5.75 Å². The first kappa shape index (κ1) is 12.1. The molecule has 0 spiro atoms. The Morgan fingerprint density at radius 1 is 1.35 bits per heavy atom. The molecule has 0 N–H and O–H groups in total. The fourth-order valence-corrected chi connectivity index (χ4v) is 3.05. The van der Waals surface area contributed by atoms with Crippen molar-refractivity contribution < 1.29 is 9.47 Å². The molecule has 20 heavy (non-hydrogen) atoms. The smallest absolute Gasteiger partial charge is 0.162 e. The molecule has 5 heteroatoms. The Bertz CT molecular complexity index is 627. The molecule has 2 aliphatic rings. The molecule has 2 aromatic heterocycles. The van der Waals surface area contributed by atoms with Crippen LogP contribution in [0.4, 0.5) is 0 Å². The van der Waals surface area contributed by atoms with Gasteiger partial charge in [-0.2, -0.15) is 5.10 Å². The predicted molar refractivity (Wildman–Crippen MR) is 75.1 cm³/mol. The summed E-state index contributed by atoms with van der Waals surface area (Å²) in [6.07, 6.45) is 6.46. The molecule has 1 atom stereocenters. The number of aromatic nitrogens is 3. The van der Waals surface area contributed by atoms with Crippen molar-refractivity contribution in [1.82, 2.24) is 14.8 Å². The Kier molecular flexibility index (Phi) is 2.88. The largest absolute Gasteiger partial charge is 0.496 e. The monoisotopic (exact) mass is 273 g/mol. The van der Waals surface area contributed by atoms with Crippen LogP contribution in [0.15, 0.2) is 12.3 Å². The lowest BCUT2D eigenvalue weighted by atomic mass is 10.1. The summed E-state index contributed by atoms with van der Waals surface area (Å²) in [5.41, 5.74) is 2.11. The number of methoxy groups -OCH3 is 1. The van der Waals surface area contributed by atoms with Crippen LogP contribution in [-0.4, -0.2) is 35.1 Å². The highest BCUT2D eigenvalue weighted by molar-refractivity contribution is 5.86. The minimum atomic E-state index is 0.304. The summed E-state index contributed by atoms with van der Waals surface area (Å²) in [5.74, 6) is 1.47. The molecule has 1 unspecified atom stereocenters. The van der Waals surface area contributed by atoms with Crippen molar-refractivity contribution in [1.29, 1.82) is 0 Å². The second-order valence-electron chi connectivity index (χ2n) is 5.69. The summed E-state index contributed by atoms with van der Waals surface area (Å²) in [7, 11) is 1.71. The maximum Gasteiger partial charge on any atom is 0.162 e. The van der Waals surface area contributed by atoms with Crippen LogP contribution in [0.2, 0.25) is 0 Å². The SMILES string of the molecule is COc1ccnc2c1c(C1CC1)nn2C1CCCOC1. The number of ether oxygens (including phenoxy) is 2. The van der Waals surface area contributed by atoms with E-state index in [2.05, 4.69) is 9.67 Å². The zero-order chi connectivity index (χ0) is 13.5. The van der Waals surface area contributed by atoms with Crippen molar-refractivity contribution in [2.24, 2.45) is 0 Å². The number of rotatable bonds is 3. The highest BCUT2D eigenvalue weighted by Crippen LogP contribution is 2.45. The first-order valence-electron chi connectivity index (χ1n) is 7.37. The van der Waals surface area contributed by atoms with E-state index < -0.39 is 0 Å². The Labute approximate surface area is 117 Å². The van der Waals surface area contributed by atoms with Crippen molar-refractivity contribution in [3.8, 4) is 5.75 Å². The highest BCUT2D eigenvalue weighted by Gasteiger charge is 2.32. The third-order valence-corrected chi connectivity index (χ3v) is 4.25. The van der Waals surface area contributed by atoms with Crippen LogP contribution < -0.4 is 4.74 Å². The molecule has 1 aliphatic heterocycles. The van der Waals surface area contributed by atoms with Crippen molar-refractivity contribution in [2.45, 2.75) is 37.6 Å². The van der Waals surface area contributed by atoms with Gasteiger partial charge in [0.15, 0.2) is 5.65 Å². The third-order valence-electron chi connectivity index (χ3n) is 4.25. The van der Waals surface area contributed by atoms with Crippen LogP contribution >= 0.6 is 0 Å². The Balaban J connectivity index is 1.88. The molecule has 0 bridgehead atoms. The number of nitrogens with zero attached hydrogens (tertiary/aromatic N) is 3. The molecule has 106 valence electrons. The molecule has 2 fully saturated rings. The molecule has 0 radical (unpaired) electrons. The maximum atomic E-state index is 5.61. The Morgan fingerprint density at radius 2 is 2.25 bits per heavy atom. The minimum Gasteiger partial charge on any atom is -0.496 e. The van der Waals surface area contributed by atoms with Gasteiger partial charge in [0, 0.05) is 18.7 Å². The standard InChI is InChI=1S/C15H19N3O2/c1-19-12-6-7-16-15-13(12)14(10-4-5-10)17-18(15)11-3-2-8-20-9-11/h6-7,10-11H,2-5,8-9H2,1H3. The van der Waals surface area contributed by atoms with Gasteiger partial charge in [-0.05, 0) is 31.7 Å². The zero-order valence-electron chi connectivity index (χ0n) is 11.7. The van der Waals surface area contributed by atoms with E-state index >= 15 is 0 Å². The van der Waals surface area contributed by atoms with Gasteiger partial charge in [-0.3, -0.25) is 0 Å². The quantitative estimate of drug-likeness (QED) is 0.862. The van der Waals surface area contributed by atoms with Crippen LogP contribution in [0.5, 0.6) is 5.75 Å². The normalized spacial score (nSPS) is 23.1. The van der Waals surface area contributed by atoms with Gasteiger partial charge in [-0.15, -0.1) is 0 Å². The third kappa shape index (κ3) is 1.88. The predicted octanol–water partition coefficient (Wildman–Crippen LogP) is 2.67. The summed E-state index contributed by atoms with van der Waals surface area (Å²) in [5, 5.41) is 5.98. The fraction of sp³-hybridized carbons (Fsp3) is 0.600. The van der Waals surface area contributed by atoms with Gasteiger partial charge >= 0.3 is 0 Å². The summed E-state index contributed by atoms with van der Waals surface area (Å²) < 4.78 is 13.2. The number of hydrogen-bond donors (Lipinski definition) is 0. The van der Waals surface area contributed by atoms with E-state index in [4.69, 9.17) is 14.6 Å². The summed E-state index contributed by atoms with van der Waals surface area (Å²) >= 11 is 0. The van der Waals surface area contributed by atoms with Crippen LogP contribution in [0.1, 0.15) is 43.3 Å². The van der Waals surface area contributed by atoms with E-state index in [-0.39, 0.29) is 0 Å². The average Bonchev–Trinajstić information content (AvgIpc) is 3.28. The Morgan fingerprint density at radius 3 is 2.95 bits per heavy atom. The molecule has 1 saturated heterocycles. The van der Waals surface area contributed by atoms with Crippen molar-refractivity contribution in [2.75, 3.05) is 20.3 Å². The summed E-state index contributed by atoms with van der Waals surface area (Å²) in [4.78, 5) is 4.56. The number of pyridine rings is 1. The van der Waals surface area contributed by atoms with Crippen LogP contribution in [0.25, 0.3) is 11.0 Å². The second-order valence-corrected chi connectivity index (χ2v) is 5.69. The molecule has 3 heterocycles. The lowest BCUT2D eigenvalue weighted by Crippen LogP contribution is -2.22. The van der Waals surface area contributed by atoms with Crippen molar-refractivity contribution in [3.05, 3.63) is 18.0 Å². The van der Waals surface area contributed by atoms with E-state index in [9.17, 15) is 0 Å². The molecule has 1 aliphatic carbocycles. The maximum absolute atomic E-state index is 5.61. The van der Waals surface area contributed by atoms with E-state index in [0.717, 1.165) is 48.5 Å². The minimum absolute atomic E-state index is 0.304. The van der Waals surface area contributed by atoms with Crippen molar-refractivity contribution >= 4 is 11.0 Å². The molecule has 0 aromatic carbocycles. The molecule has 5 nitrogen and oxygen atoms in total. The summed E-state index contributed by atoms with van der Waals surface area (Å²) in [6.45, 7) is 1.60. The highest BCUT2D eigenvalue weighted by atomic mass is 16.5. The van der Waals surface area contributed by atoms with Gasteiger partial charge in [0.25, 0.3) is 0 Å². The molecule has 4 rings (SSSR count). The van der Waals surface area contributed by atoms with Crippen LogP contribution in [0.3, 0.4) is 0 Å². The van der Waals surface area contributed by atoms with E-state index in [1.165, 1.54) is 12.8 Å². The zero-order valence-corrected chi connectivity index (χ0v) is 11.7. The topological polar surface area (TPSA) is 49.2 Å². The van der Waals surface area contributed by atoms with Gasteiger partial charge < -0.3 is 9.47 Å². The molecule has 0 amide bonds. The molecule has 2 aromatic rings. The number of fused-ring (bicyclic) bond motifs is 1. The van der Waals surface area contributed by atoms with E-state index in [0.29, 0.717) is 12.0 Å². The fourth-order valence-electron chi connectivity index (χ4n) is 3.05. The van der Waals surface area contributed by atoms with Gasteiger partial charge in [-0.1, -0.05) is 0 Å².